The number of hydrogen-bond donors (Lipinski definition) is 1. The summed E-state index contributed by atoms with van der Waals surface area (Å²) in [5.41, 5.74) is 1.35. The van der Waals surface area contributed by atoms with Gasteiger partial charge in [-0.15, -0.1) is 21.5 Å². The van der Waals surface area contributed by atoms with Crippen LogP contribution in [0.15, 0.2) is 16.6 Å². The number of fused-ring (bicyclic) bond motifs is 1. The molecule has 0 atom stereocenters. The van der Waals surface area contributed by atoms with Crippen LogP contribution in [0.25, 0.3) is 0 Å². The van der Waals surface area contributed by atoms with E-state index in [0.29, 0.717) is 5.16 Å². The lowest BCUT2D eigenvalue weighted by molar-refractivity contribution is -0.133. The second kappa shape index (κ2) is 5.45. The van der Waals surface area contributed by atoms with E-state index in [-0.39, 0.29) is 5.75 Å². The molecular formula is C12H14N4O2S2. The Labute approximate surface area is 124 Å². The minimum absolute atomic E-state index is 0.000647. The van der Waals surface area contributed by atoms with Gasteiger partial charge in [-0.3, -0.25) is 9.36 Å². The highest BCUT2D eigenvalue weighted by atomic mass is 32.2. The number of hydrogen-bond acceptors (Lipinski definition) is 6. The van der Waals surface area contributed by atoms with Gasteiger partial charge in [0.15, 0.2) is 5.16 Å². The summed E-state index contributed by atoms with van der Waals surface area (Å²) >= 11 is 3.00. The van der Waals surface area contributed by atoms with Crippen molar-refractivity contribution in [1.82, 2.24) is 14.8 Å². The normalized spacial score (nSPS) is 14.3. The number of aromatic nitrogens is 3. The van der Waals surface area contributed by atoms with Gasteiger partial charge in [-0.2, -0.15) is 0 Å². The molecule has 0 fully saturated rings. The van der Waals surface area contributed by atoms with E-state index < -0.39 is 5.97 Å². The van der Waals surface area contributed by atoms with E-state index in [4.69, 9.17) is 5.11 Å². The van der Waals surface area contributed by atoms with Crippen molar-refractivity contribution in [3.05, 3.63) is 21.9 Å². The molecule has 106 valence electrons. The molecule has 0 amide bonds. The average Bonchev–Trinajstić information content (AvgIpc) is 3.02. The van der Waals surface area contributed by atoms with Gasteiger partial charge < -0.3 is 10.0 Å². The van der Waals surface area contributed by atoms with Gasteiger partial charge in [0.1, 0.15) is 0 Å². The first-order valence-electron chi connectivity index (χ1n) is 6.19. The number of rotatable bonds is 4. The molecule has 0 spiro atoms. The van der Waals surface area contributed by atoms with Gasteiger partial charge in [0.2, 0.25) is 5.95 Å². The predicted molar refractivity (Wildman–Crippen MR) is 78.4 cm³/mol. The van der Waals surface area contributed by atoms with Crippen LogP contribution in [0.3, 0.4) is 0 Å². The van der Waals surface area contributed by atoms with Crippen molar-refractivity contribution in [2.45, 2.75) is 18.1 Å². The van der Waals surface area contributed by atoms with Crippen LogP contribution in [-0.2, 0) is 24.8 Å². The van der Waals surface area contributed by atoms with Gasteiger partial charge in [0.25, 0.3) is 0 Å². The topological polar surface area (TPSA) is 71.2 Å². The number of aliphatic carboxylic acids is 1. The molecule has 1 N–H and O–H groups in total. The second-order valence-electron chi connectivity index (χ2n) is 4.56. The Balaban J connectivity index is 1.77. The summed E-state index contributed by atoms with van der Waals surface area (Å²) in [6.07, 6.45) is 1.03. The first-order valence-corrected chi connectivity index (χ1v) is 8.06. The number of anilines is 1. The summed E-state index contributed by atoms with van der Waals surface area (Å²) in [4.78, 5) is 14.2. The lowest BCUT2D eigenvalue weighted by atomic mass is 10.1. The number of carbonyl (C=O) groups is 1. The summed E-state index contributed by atoms with van der Waals surface area (Å²) in [6, 6.07) is 2.16. The largest absolute Gasteiger partial charge is 0.481 e. The summed E-state index contributed by atoms with van der Waals surface area (Å²) in [6.45, 7) is 1.76. The number of thioether (sulfide) groups is 1. The zero-order chi connectivity index (χ0) is 14.1. The molecule has 0 saturated heterocycles. The molecule has 0 saturated carbocycles. The third-order valence-electron chi connectivity index (χ3n) is 3.23. The lowest BCUT2D eigenvalue weighted by Gasteiger charge is -2.27. The third kappa shape index (κ3) is 2.53. The molecule has 0 aliphatic carbocycles. The highest BCUT2D eigenvalue weighted by Crippen LogP contribution is 2.28. The molecule has 3 heterocycles. The van der Waals surface area contributed by atoms with Crippen molar-refractivity contribution in [1.29, 1.82) is 0 Å². The summed E-state index contributed by atoms with van der Waals surface area (Å²) in [5.74, 6) is -0.0455. The Morgan fingerprint density at radius 3 is 3.20 bits per heavy atom. The van der Waals surface area contributed by atoms with Crippen molar-refractivity contribution in [3.63, 3.8) is 0 Å². The molecule has 1 aliphatic rings. The van der Waals surface area contributed by atoms with E-state index in [0.717, 1.165) is 25.5 Å². The number of thiophene rings is 1. The maximum atomic E-state index is 10.6. The van der Waals surface area contributed by atoms with Crippen LogP contribution >= 0.6 is 23.1 Å². The van der Waals surface area contributed by atoms with Gasteiger partial charge in [0, 0.05) is 25.0 Å². The monoisotopic (exact) mass is 310 g/mol. The Hall–Kier alpha value is -1.54. The van der Waals surface area contributed by atoms with Gasteiger partial charge >= 0.3 is 5.97 Å². The van der Waals surface area contributed by atoms with E-state index in [1.165, 1.54) is 22.2 Å². The van der Waals surface area contributed by atoms with Crippen molar-refractivity contribution in [3.8, 4) is 0 Å². The fraction of sp³-hybridized carbons (Fsp3) is 0.417. The van der Waals surface area contributed by atoms with Crippen LogP contribution in [0.5, 0.6) is 0 Å². The quantitative estimate of drug-likeness (QED) is 0.865. The molecular weight excluding hydrogens is 296 g/mol. The summed E-state index contributed by atoms with van der Waals surface area (Å²) < 4.78 is 1.87. The average molecular weight is 310 g/mol. The standard InChI is InChI=1S/C12H14N4O2S2/c1-15-11(13-14-12(15)20-7-10(17)18)16-4-2-9-8(6-16)3-5-19-9/h3,5H,2,4,6-7H2,1H3,(H,17,18). The van der Waals surface area contributed by atoms with Crippen molar-refractivity contribution in [2.75, 3.05) is 17.2 Å². The molecule has 2 aromatic heterocycles. The predicted octanol–water partition coefficient (Wildman–Crippen LogP) is 1.62. The Kier molecular flexibility index (Phi) is 3.66. The van der Waals surface area contributed by atoms with Crippen LogP contribution in [0.4, 0.5) is 5.95 Å². The van der Waals surface area contributed by atoms with Gasteiger partial charge in [0.05, 0.1) is 5.75 Å². The molecule has 8 heteroatoms. The van der Waals surface area contributed by atoms with Gasteiger partial charge in [-0.05, 0) is 23.4 Å². The van der Waals surface area contributed by atoms with Crippen LogP contribution in [0.1, 0.15) is 10.4 Å². The summed E-state index contributed by atoms with van der Waals surface area (Å²) in [7, 11) is 1.88. The number of carboxylic acid groups (broad SMARTS) is 1. The van der Waals surface area contributed by atoms with Crippen LogP contribution < -0.4 is 4.90 Å². The van der Waals surface area contributed by atoms with E-state index >= 15 is 0 Å². The molecule has 0 radical (unpaired) electrons. The maximum absolute atomic E-state index is 10.6. The fourth-order valence-corrected chi connectivity index (χ4v) is 3.77. The third-order valence-corrected chi connectivity index (χ3v) is 5.26. The Bertz CT molecular complexity index is 637. The highest BCUT2D eigenvalue weighted by Gasteiger charge is 2.22. The molecule has 2 aromatic rings. The minimum atomic E-state index is -0.847. The first kappa shape index (κ1) is 13.4. The Morgan fingerprint density at radius 2 is 2.40 bits per heavy atom. The molecule has 0 unspecified atom stereocenters. The first-order chi connectivity index (χ1) is 9.65. The van der Waals surface area contributed by atoms with Crippen molar-refractivity contribution >= 4 is 35.0 Å². The van der Waals surface area contributed by atoms with Gasteiger partial charge in [-0.25, -0.2) is 0 Å². The van der Waals surface area contributed by atoms with E-state index in [1.807, 2.05) is 11.6 Å². The number of nitrogens with zero attached hydrogens (tertiary/aromatic N) is 4. The lowest BCUT2D eigenvalue weighted by Crippen LogP contribution is -2.31. The summed E-state index contributed by atoms with van der Waals surface area (Å²) in [5, 5.41) is 19.8. The van der Waals surface area contributed by atoms with Crippen molar-refractivity contribution in [2.24, 2.45) is 7.05 Å². The zero-order valence-electron chi connectivity index (χ0n) is 10.9. The Morgan fingerprint density at radius 1 is 1.55 bits per heavy atom. The van der Waals surface area contributed by atoms with E-state index in [9.17, 15) is 4.79 Å². The van der Waals surface area contributed by atoms with Crippen LogP contribution in [-0.4, -0.2) is 38.1 Å². The maximum Gasteiger partial charge on any atom is 0.313 e. The fourth-order valence-electron chi connectivity index (χ4n) is 2.25. The van der Waals surface area contributed by atoms with Crippen LogP contribution in [0, 0.1) is 0 Å². The molecule has 20 heavy (non-hydrogen) atoms. The van der Waals surface area contributed by atoms with E-state index in [2.05, 4.69) is 26.5 Å². The zero-order valence-corrected chi connectivity index (χ0v) is 12.6. The molecule has 0 aromatic carbocycles. The number of carboxylic acids is 1. The van der Waals surface area contributed by atoms with Crippen LogP contribution in [0.2, 0.25) is 0 Å². The minimum Gasteiger partial charge on any atom is -0.481 e. The molecule has 6 nitrogen and oxygen atoms in total. The SMILES string of the molecule is Cn1c(SCC(=O)O)nnc1N1CCc2sccc2C1. The van der Waals surface area contributed by atoms with E-state index in [1.54, 1.807) is 11.3 Å². The molecule has 0 bridgehead atoms. The van der Waals surface area contributed by atoms with Gasteiger partial charge in [-0.1, -0.05) is 11.8 Å². The second-order valence-corrected chi connectivity index (χ2v) is 6.51. The molecule has 3 rings (SSSR count). The molecule has 1 aliphatic heterocycles. The smallest absolute Gasteiger partial charge is 0.313 e. The van der Waals surface area contributed by atoms with Crippen molar-refractivity contribution < 1.29 is 9.90 Å². The highest BCUT2D eigenvalue weighted by molar-refractivity contribution is 7.99.